The second-order valence-electron chi connectivity index (χ2n) is 4.27. The van der Waals surface area contributed by atoms with Crippen molar-refractivity contribution in [2.45, 2.75) is 12.8 Å². The predicted octanol–water partition coefficient (Wildman–Crippen LogP) is 3.95. The van der Waals surface area contributed by atoms with Crippen molar-refractivity contribution in [2.24, 2.45) is 0 Å². The summed E-state index contributed by atoms with van der Waals surface area (Å²) < 4.78 is 4.52. The van der Waals surface area contributed by atoms with Gasteiger partial charge in [0.25, 0.3) is 0 Å². The molecule has 2 nitrogen and oxygen atoms in total. The van der Waals surface area contributed by atoms with Gasteiger partial charge in [0.1, 0.15) is 5.82 Å². The maximum absolute atomic E-state index is 2.26. The number of aryl methyl sites for hydroxylation is 1. The Kier molecular flexibility index (Phi) is 3.31. The van der Waals surface area contributed by atoms with Gasteiger partial charge in [-0.3, -0.25) is 8.61 Å². The second-order valence-corrected chi connectivity index (χ2v) is 5.79. The van der Waals surface area contributed by atoms with Crippen LogP contribution >= 0.6 is 23.9 Å². The molecule has 0 fully saturated rings. The largest absolute Gasteiger partial charge is 0.275 e. The molecule has 2 aliphatic rings. The fourth-order valence-electron chi connectivity index (χ4n) is 2.58. The van der Waals surface area contributed by atoms with E-state index in [9.17, 15) is 0 Å². The van der Waals surface area contributed by atoms with Crippen LogP contribution in [0.25, 0.3) is 5.57 Å². The maximum Gasteiger partial charge on any atom is 0.136 e. The van der Waals surface area contributed by atoms with E-state index in [-0.39, 0.29) is 0 Å². The Morgan fingerprint density at radius 2 is 1.61 bits per heavy atom. The minimum absolute atomic E-state index is 1.14. The lowest BCUT2D eigenvalue weighted by Gasteiger charge is -2.23. The molecule has 0 saturated heterocycles. The fraction of sp³-hybridized carbons (Fsp3) is 0.286. The van der Waals surface area contributed by atoms with E-state index in [1.807, 2.05) is 0 Å². The van der Waals surface area contributed by atoms with Crippen LogP contribution < -0.4 is 0 Å². The molecule has 0 saturated carbocycles. The van der Waals surface area contributed by atoms with E-state index in [2.05, 4.69) is 57.8 Å². The average molecular weight is 276 g/mol. The number of hydrogen-bond acceptors (Lipinski definition) is 4. The van der Waals surface area contributed by atoms with Crippen molar-refractivity contribution >= 4 is 29.5 Å². The third-order valence-corrected chi connectivity index (χ3v) is 4.78. The van der Waals surface area contributed by atoms with E-state index in [1.165, 1.54) is 28.9 Å². The molecule has 1 heterocycles. The van der Waals surface area contributed by atoms with E-state index in [0.717, 1.165) is 6.42 Å². The molecule has 18 heavy (non-hydrogen) atoms. The highest BCUT2D eigenvalue weighted by Gasteiger charge is 2.27. The minimum Gasteiger partial charge on any atom is -0.275 e. The predicted molar refractivity (Wildman–Crippen MR) is 81.5 cm³/mol. The Balaban J connectivity index is 2.09. The van der Waals surface area contributed by atoms with Gasteiger partial charge in [0.05, 0.1) is 0 Å². The highest BCUT2D eigenvalue weighted by atomic mass is 32.2. The molecular formula is C14H16N2S2. The molecule has 0 radical (unpaired) electrons. The highest BCUT2D eigenvalue weighted by Crippen LogP contribution is 2.41. The summed E-state index contributed by atoms with van der Waals surface area (Å²) in [7, 11) is 0. The van der Waals surface area contributed by atoms with E-state index < -0.39 is 0 Å². The standard InChI is InChI=1S/C14H16N2S2/c1-17-15-9-10-16(18-2)14(15)13-8-7-11-5-3-4-6-12(11)13/h3-6,9-10H,7-8H2,1-2H3. The smallest absolute Gasteiger partial charge is 0.136 e. The first-order valence-corrected chi connectivity index (χ1v) is 8.38. The summed E-state index contributed by atoms with van der Waals surface area (Å²) in [6.45, 7) is 0. The molecule has 1 aromatic carbocycles. The van der Waals surface area contributed by atoms with Crippen LogP contribution in [-0.2, 0) is 6.42 Å². The number of nitrogens with zero attached hydrogens (tertiary/aromatic N) is 2. The topological polar surface area (TPSA) is 6.48 Å². The van der Waals surface area contributed by atoms with Gasteiger partial charge in [-0.1, -0.05) is 24.3 Å². The molecule has 0 atom stereocenters. The van der Waals surface area contributed by atoms with Crippen LogP contribution in [0.3, 0.4) is 0 Å². The third kappa shape index (κ3) is 1.84. The van der Waals surface area contributed by atoms with Gasteiger partial charge in [-0.15, -0.1) is 0 Å². The molecule has 1 aromatic rings. The van der Waals surface area contributed by atoms with Crippen molar-refractivity contribution in [2.75, 3.05) is 12.5 Å². The minimum atomic E-state index is 1.14. The SMILES string of the molecule is CSN1C=CN(SC)C1=C1CCc2ccccc21. The van der Waals surface area contributed by atoms with Gasteiger partial charge in [0, 0.05) is 30.5 Å². The molecule has 0 bridgehead atoms. The zero-order valence-electron chi connectivity index (χ0n) is 10.6. The zero-order valence-corrected chi connectivity index (χ0v) is 12.2. The van der Waals surface area contributed by atoms with E-state index in [1.54, 1.807) is 23.9 Å². The van der Waals surface area contributed by atoms with Gasteiger partial charge in [0.15, 0.2) is 0 Å². The fourth-order valence-corrected chi connectivity index (χ4v) is 3.73. The van der Waals surface area contributed by atoms with Gasteiger partial charge in [-0.25, -0.2) is 0 Å². The summed E-state index contributed by atoms with van der Waals surface area (Å²) in [6, 6.07) is 8.77. The molecular weight excluding hydrogens is 260 g/mol. The molecule has 0 unspecified atom stereocenters. The molecule has 1 aliphatic heterocycles. The van der Waals surface area contributed by atoms with Crippen molar-refractivity contribution in [3.8, 4) is 0 Å². The van der Waals surface area contributed by atoms with Crippen molar-refractivity contribution in [3.63, 3.8) is 0 Å². The van der Waals surface area contributed by atoms with E-state index >= 15 is 0 Å². The summed E-state index contributed by atoms with van der Waals surface area (Å²) in [4.78, 5) is 0. The van der Waals surface area contributed by atoms with E-state index in [4.69, 9.17) is 0 Å². The van der Waals surface area contributed by atoms with Crippen LogP contribution in [0.15, 0.2) is 42.5 Å². The van der Waals surface area contributed by atoms with Gasteiger partial charge in [-0.05, 0) is 47.9 Å². The first-order chi connectivity index (χ1) is 8.85. The zero-order chi connectivity index (χ0) is 12.5. The second kappa shape index (κ2) is 4.94. The molecule has 0 amide bonds. The molecule has 0 spiro atoms. The lowest BCUT2D eigenvalue weighted by Crippen LogP contribution is -2.14. The van der Waals surface area contributed by atoms with Crippen LogP contribution in [0.1, 0.15) is 17.5 Å². The Labute approximate surface area is 117 Å². The molecule has 3 rings (SSSR count). The summed E-state index contributed by atoms with van der Waals surface area (Å²) in [5.41, 5.74) is 4.38. The van der Waals surface area contributed by atoms with Crippen LogP contribution in [-0.4, -0.2) is 21.1 Å². The Bertz CT molecular complexity index is 506. The van der Waals surface area contributed by atoms with Crippen molar-refractivity contribution in [1.82, 2.24) is 8.61 Å². The summed E-state index contributed by atoms with van der Waals surface area (Å²) in [6.07, 6.45) is 10.8. The normalized spacial score (nSPS) is 17.9. The van der Waals surface area contributed by atoms with Crippen molar-refractivity contribution in [3.05, 3.63) is 53.6 Å². The number of benzene rings is 1. The average Bonchev–Trinajstić information content (AvgIpc) is 3.01. The number of fused-ring (bicyclic) bond motifs is 1. The van der Waals surface area contributed by atoms with Gasteiger partial charge in [0.2, 0.25) is 0 Å². The number of hydrogen-bond donors (Lipinski definition) is 0. The van der Waals surface area contributed by atoms with E-state index in [0.29, 0.717) is 0 Å². The van der Waals surface area contributed by atoms with Gasteiger partial charge < -0.3 is 0 Å². The Morgan fingerprint density at radius 1 is 0.944 bits per heavy atom. The first kappa shape index (κ1) is 12.1. The summed E-state index contributed by atoms with van der Waals surface area (Å²) >= 11 is 3.51. The third-order valence-electron chi connectivity index (χ3n) is 3.41. The summed E-state index contributed by atoms with van der Waals surface area (Å²) in [5.74, 6) is 1.32. The van der Waals surface area contributed by atoms with Crippen LogP contribution in [0.5, 0.6) is 0 Å². The molecule has 94 valence electrons. The highest BCUT2D eigenvalue weighted by molar-refractivity contribution is 7.97. The van der Waals surface area contributed by atoms with Crippen LogP contribution in [0.2, 0.25) is 0 Å². The van der Waals surface area contributed by atoms with Crippen molar-refractivity contribution < 1.29 is 0 Å². The number of rotatable bonds is 2. The quantitative estimate of drug-likeness (QED) is 0.754. The van der Waals surface area contributed by atoms with Crippen molar-refractivity contribution in [1.29, 1.82) is 0 Å². The Morgan fingerprint density at radius 3 is 2.28 bits per heavy atom. The molecule has 4 heteroatoms. The Hall–Kier alpha value is -1.00. The first-order valence-electron chi connectivity index (χ1n) is 6.01. The molecule has 0 aromatic heterocycles. The molecule has 1 aliphatic carbocycles. The van der Waals surface area contributed by atoms with Crippen LogP contribution in [0, 0.1) is 0 Å². The lowest BCUT2D eigenvalue weighted by atomic mass is 10.1. The molecule has 0 N–H and O–H groups in total. The summed E-state index contributed by atoms with van der Waals surface area (Å²) in [5, 5.41) is 0. The monoisotopic (exact) mass is 276 g/mol. The van der Waals surface area contributed by atoms with Gasteiger partial charge >= 0.3 is 0 Å². The maximum atomic E-state index is 2.26. The lowest BCUT2D eigenvalue weighted by molar-refractivity contribution is 0.653. The van der Waals surface area contributed by atoms with Gasteiger partial charge in [-0.2, -0.15) is 0 Å². The van der Waals surface area contributed by atoms with Crippen LogP contribution in [0.4, 0.5) is 0 Å². The number of allylic oxidation sites excluding steroid dienone is 1.